The summed E-state index contributed by atoms with van der Waals surface area (Å²) >= 11 is 1.69. The molecule has 1 amide bonds. The minimum Gasteiger partial charge on any atom is -0.410 e. The van der Waals surface area contributed by atoms with Crippen molar-refractivity contribution in [3.63, 3.8) is 0 Å². The molecule has 0 unspecified atom stereocenters. The van der Waals surface area contributed by atoms with Gasteiger partial charge in [-0.25, -0.2) is 14.8 Å². The number of nitrogens with zero attached hydrogens (tertiary/aromatic N) is 4. The van der Waals surface area contributed by atoms with Gasteiger partial charge in [-0.15, -0.1) is 0 Å². The molecular weight excluding hydrogens is 386 g/mol. The fourth-order valence-electron chi connectivity index (χ4n) is 3.14. The van der Waals surface area contributed by atoms with Gasteiger partial charge in [0.25, 0.3) is 0 Å². The number of hydrogen-bond donors (Lipinski definition) is 1. The van der Waals surface area contributed by atoms with E-state index < -0.39 is 0 Å². The fraction of sp³-hybridized carbons (Fsp3) is 0.286. The summed E-state index contributed by atoms with van der Waals surface area (Å²) in [6, 6.07) is 13.6. The molecule has 0 atom stereocenters. The van der Waals surface area contributed by atoms with E-state index in [0.29, 0.717) is 18.8 Å². The van der Waals surface area contributed by atoms with Crippen LogP contribution in [0.4, 0.5) is 10.6 Å². The van der Waals surface area contributed by atoms with Gasteiger partial charge in [-0.05, 0) is 36.2 Å². The van der Waals surface area contributed by atoms with E-state index >= 15 is 0 Å². The van der Waals surface area contributed by atoms with Crippen LogP contribution in [0.15, 0.2) is 66.2 Å². The second-order valence-corrected chi connectivity index (χ2v) is 7.75. The van der Waals surface area contributed by atoms with Gasteiger partial charge in [-0.2, -0.15) is 0 Å². The Hall–Kier alpha value is -3.00. The van der Waals surface area contributed by atoms with Crippen molar-refractivity contribution in [1.29, 1.82) is 0 Å². The molecule has 4 rings (SSSR count). The van der Waals surface area contributed by atoms with E-state index in [4.69, 9.17) is 4.74 Å². The van der Waals surface area contributed by atoms with Crippen LogP contribution in [0.25, 0.3) is 0 Å². The van der Waals surface area contributed by atoms with Crippen LogP contribution in [0.5, 0.6) is 5.75 Å². The standard InChI is InChI=1S/C21H23N5O2S/c27-21(26-14-12-25(13-15-26)19-3-1-2-9-22-19)28-18-6-4-17(5-7-18)8-16-29-20-23-10-11-24-20/h1-7,9-11H,8,12-16H2,(H,23,24). The number of anilines is 1. The van der Waals surface area contributed by atoms with Crippen LogP contribution in [-0.2, 0) is 6.42 Å². The van der Waals surface area contributed by atoms with E-state index in [1.165, 1.54) is 5.56 Å². The highest BCUT2D eigenvalue weighted by Crippen LogP contribution is 2.18. The SMILES string of the molecule is O=C(Oc1ccc(CCSc2ncc[nH]2)cc1)N1CCN(c2ccccn2)CC1. The largest absolute Gasteiger partial charge is 0.415 e. The Kier molecular flexibility index (Phi) is 6.31. The van der Waals surface area contributed by atoms with Crippen LogP contribution in [-0.4, -0.2) is 57.9 Å². The number of amides is 1. The predicted octanol–water partition coefficient (Wildman–Crippen LogP) is 3.46. The molecule has 0 spiro atoms. The maximum atomic E-state index is 12.5. The Balaban J connectivity index is 1.22. The average molecular weight is 410 g/mol. The number of rotatable bonds is 6. The normalized spacial score (nSPS) is 14.1. The highest BCUT2D eigenvalue weighted by Gasteiger charge is 2.23. The lowest BCUT2D eigenvalue weighted by Crippen LogP contribution is -2.49. The van der Waals surface area contributed by atoms with E-state index in [2.05, 4.69) is 19.9 Å². The van der Waals surface area contributed by atoms with Crippen molar-refractivity contribution in [2.75, 3.05) is 36.8 Å². The molecule has 29 heavy (non-hydrogen) atoms. The number of ether oxygens (including phenoxy) is 1. The number of piperazine rings is 1. The third kappa shape index (κ3) is 5.29. The molecule has 1 saturated heterocycles. The van der Waals surface area contributed by atoms with Crippen LogP contribution >= 0.6 is 11.8 Å². The molecule has 150 valence electrons. The van der Waals surface area contributed by atoms with E-state index in [-0.39, 0.29) is 6.09 Å². The number of H-pyrrole nitrogens is 1. The number of hydrogen-bond acceptors (Lipinski definition) is 6. The fourth-order valence-corrected chi connectivity index (χ4v) is 3.96. The zero-order valence-electron chi connectivity index (χ0n) is 16.0. The Morgan fingerprint density at radius 3 is 2.55 bits per heavy atom. The van der Waals surface area contributed by atoms with Crippen molar-refractivity contribution in [2.24, 2.45) is 0 Å². The van der Waals surface area contributed by atoms with Gasteiger partial charge in [0.15, 0.2) is 5.16 Å². The summed E-state index contributed by atoms with van der Waals surface area (Å²) in [5.41, 5.74) is 1.20. The molecule has 0 radical (unpaired) electrons. The van der Waals surface area contributed by atoms with Crippen molar-refractivity contribution in [1.82, 2.24) is 19.9 Å². The highest BCUT2D eigenvalue weighted by atomic mass is 32.2. The maximum Gasteiger partial charge on any atom is 0.415 e. The Morgan fingerprint density at radius 2 is 1.86 bits per heavy atom. The molecule has 1 aliphatic heterocycles. The van der Waals surface area contributed by atoms with Crippen molar-refractivity contribution >= 4 is 23.7 Å². The summed E-state index contributed by atoms with van der Waals surface area (Å²) < 4.78 is 5.55. The van der Waals surface area contributed by atoms with Crippen LogP contribution in [0.2, 0.25) is 0 Å². The van der Waals surface area contributed by atoms with E-state index in [1.807, 2.05) is 48.7 Å². The third-order valence-electron chi connectivity index (χ3n) is 4.74. The molecule has 3 heterocycles. The lowest BCUT2D eigenvalue weighted by molar-refractivity contribution is 0.149. The zero-order valence-corrected chi connectivity index (χ0v) is 16.8. The van der Waals surface area contributed by atoms with E-state index in [9.17, 15) is 4.79 Å². The molecule has 0 aliphatic carbocycles. The summed E-state index contributed by atoms with van der Waals surface area (Å²) in [6.07, 6.45) is 5.99. The molecular formula is C21H23N5O2S. The first-order chi connectivity index (χ1) is 14.3. The molecule has 1 fully saturated rings. The van der Waals surface area contributed by atoms with Crippen LogP contribution in [0.3, 0.4) is 0 Å². The molecule has 1 N–H and O–H groups in total. The number of carbonyl (C=O) groups is 1. The summed E-state index contributed by atoms with van der Waals surface area (Å²) in [5.74, 6) is 2.46. The van der Waals surface area contributed by atoms with Crippen molar-refractivity contribution in [3.8, 4) is 5.75 Å². The second-order valence-electron chi connectivity index (χ2n) is 6.67. The predicted molar refractivity (Wildman–Crippen MR) is 114 cm³/mol. The topological polar surface area (TPSA) is 74.3 Å². The lowest BCUT2D eigenvalue weighted by atomic mass is 10.2. The second kappa shape index (κ2) is 9.47. The molecule has 8 heteroatoms. The quantitative estimate of drug-likeness (QED) is 0.629. The van der Waals surface area contributed by atoms with Gasteiger partial charge in [0.2, 0.25) is 0 Å². The van der Waals surface area contributed by atoms with Gasteiger partial charge in [-0.3, -0.25) is 0 Å². The first-order valence-electron chi connectivity index (χ1n) is 9.62. The van der Waals surface area contributed by atoms with Gasteiger partial charge < -0.3 is 19.5 Å². The van der Waals surface area contributed by atoms with Gasteiger partial charge in [0.1, 0.15) is 11.6 Å². The van der Waals surface area contributed by atoms with Gasteiger partial charge in [-0.1, -0.05) is 30.0 Å². The zero-order chi connectivity index (χ0) is 19.9. The smallest absolute Gasteiger partial charge is 0.410 e. The Labute approximate surface area is 174 Å². The molecule has 1 aliphatic rings. The molecule has 3 aromatic rings. The van der Waals surface area contributed by atoms with Gasteiger partial charge >= 0.3 is 6.09 Å². The van der Waals surface area contributed by atoms with E-state index in [1.54, 1.807) is 29.1 Å². The first kappa shape index (κ1) is 19.3. The highest BCUT2D eigenvalue weighted by molar-refractivity contribution is 7.99. The maximum absolute atomic E-state index is 12.5. The summed E-state index contributed by atoms with van der Waals surface area (Å²) in [5, 5.41) is 0.929. The molecule has 0 saturated carbocycles. The third-order valence-corrected chi connectivity index (χ3v) is 5.65. The molecule has 0 bridgehead atoms. The minimum atomic E-state index is -0.299. The number of carbonyl (C=O) groups excluding carboxylic acids is 1. The van der Waals surface area contributed by atoms with E-state index in [0.717, 1.165) is 36.2 Å². The Bertz CT molecular complexity index is 895. The van der Waals surface area contributed by atoms with Crippen LogP contribution in [0.1, 0.15) is 5.56 Å². The number of thioether (sulfide) groups is 1. The number of aromatic nitrogens is 3. The van der Waals surface area contributed by atoms with Crippen LogP contribution in [0, 0.1) is 0 Å². The monoisotopic (exact) mass is 409 g/mol. The van der Waals surface area contributed by atoms with Crippen LogP contribution < -0.4 is 9.64 Å². The molecule has 7 nitrogen and oxygen atoms in total. The van der Waals surface area contributed by atoms with Crippen molar-refractivity contribution < 1.29 is 9.53 Å². The Morgan fingerprint density at radius 1 is 1.03 bits per heavy atom. The van der Waals surface area contributed by atoms with Gasteiger partial charge in [0, 0.05) is 50.5 Å². The number of imidazole rings is 1. The molecule has 1 aromatic carbocycles. The molecule has 2 aromatic heterocycles. The van der Waals surface area contributed by atoms with Gasteiger partial charge in [0.05, 0.1) is 0 Å². The number of pyridine rings is 1. The van der Waals surface area contributed by atoms with Crippen molar-refractivity contribution in [2.45, 2.75) is 11.6 Å². The summed E-state index contributed by atoms with van der Waals surface area (Å²) in [4.78, 5) is 28.0. The summed E-state index contributed by atoms with van der Waals surface area (Å²) in [6.45, 7) is 2.74. The lowest BCUT2D eigenvalue weighted by Gasteiger charge is -2.34. The van der Waals surface area contributed by atoms with Crippen molar-refractivity contribution in [3.05, 3.63) is 66.6 Å². The summed E-state index contributed by atoms with van der Waals surface area (Å²) in [7, 11) is 0. The minimum absolute atomic E-state index is 0.299. The number of aryl methyl sites for hydroxylation is 1. The number of benzene rings is 1. The number of nitrogens with one attached hydrogen (secondary N) is 1. The average Bonchev–Trinajstić information content (AvgIpc) is 3.29. The first-order valence-corrected chi connectivity index (χ1v) is 10.6. The number of aromatic amines is 1.